The van der Waals surface area contributed by atoms with E-state index in [0.717, 1.165) is 5.75 Å². The molecular formula is C18H21N3O2S. The molecule has 0 fully saturated rings. The zero-order chi connectivity index (χ0) is 17.6. The smallest absolute Gasteiger partial charge is 0.258 e. The number of carbonyl (C=O) groups excluding carboxylic acids is 1. The topological polar surface area (TPSA) is 63.2 Å². The van der Waals surface area contributed by atoms with E-state index in [2.05, 4.69) is 36.4 Å². The number of ether oxygens (including phenoxy) is 1. The molecule has 0 radical (unpaired) electrons. The van der Waals surface area contributed by atoms with Crippen molar-refractivity contribution >= 4 is 23.2 Å². The zero-order valence-electron chi connectivity index (χ0n) is 14.0. The molecule has 5 nitrogen and oxygen atoms in total. The molecular weight excluding hydrogens is 322 g/mol. The van der Waals surface area contributed by atoms with Gasteiger partial charge in [-0.1, -0.05) is 32.9 Å². The van der Waals surface area contributed by atoms with Crippen LogP contribution >= 0.6 is 12.2 Å². The molecule has 2 aromatic rings. The van der Waals surface area contributed by atoms with Crippen molar-refractivity contribution in [1.82, 2.24) is 15.6 Å². The van der Waals surface area contributed by atoms with E-state index in [1.54, 1.807) is 18.3 Å². The first-order valence-electron chi connectivity index (χ1n) is 7.59. The van der Waals surface area contributed by atoms with Crippen LogP contribution in [0.2, 0.25) is 0 Å². The average molecular weight is 343 g/mol. The summed E-state index contributed by atoms with van der Waals surface area (Å²) in [5.74, 6) is 0.423. The lowest BCUT2D eigenvalue weighted by Gasteiger charge is -2.19. The van der Waals surface area contributed by atoms with Gasteiger partial charge in [-0.15, -0.1) is 0 Å². The van der Waals surface area contributed by atoms with Gasteiger partial charge in [0, 0.05) is 12.4 Å². The van der Waals surface area contributed by atoms with Gasteiger partial charge in [0.05, 0.1) is 5.56 Å². The number of benzene rings is 1. The highest BCUT2D eigenvalue weighted by molar-refractivity contribution is 7.80. The number of nitrogens with zero attached hydrogens (tertiary/aromatic N) is 1. The van der Waals surface area contributed by atoms with E-state index in [1.807, 2.05) is 24.3 Å². The van der Waals surface area contributed by atoms with Crippen molar-refractivity contribution < 1.29 is 9.53 Å². The predicted octanol–water partition coefficient (Wildman–Crippen LogP) is 3.02. The highest BCUT2D eigenvalue weighted by atomic mass is 32.1. The van der Waals surface area contributed by atoms with Gasteiger partial charge in [-0.05, 0) is 47.5 Å². The number of aromatic nitrogens is 1. The lowest BCUT2D eigenvalue weighted by atomic mass is 9.87. The molecule has 1 heterocycles. The van der Waals surface area contributed by atoms with Crippen molar-refractivity contribution in [2.75, 3.05) is 6.73 Å². The van der Waals surface area contributed by atoms with E-state index < -0.39 is 0 Å². The molecule has 0 aliphatic rings. The van der Waals surface area contributed by atoms with Crippen molar-refractivity contribution in [1.29, 1.82) is 0 Å². The van der Waals surface area contributed by atoms with Gasteiger partial charge in [-0.25, -0.2) is 0 Å². The standard InChI is InChI=1S/C18H21N3O2S/c1-18(2,3)14-6-8-15(9-7-14)23-12-20-17(24)21-16(22)13-5-4-10-19-11-13/h4-11H,12H2,1-3H3,(H2,20,21,22,24). The van der Waals surface area contributed by atoms with Crippen molar-refractivity contribution in [3.05, 3.63) is 59.9 Å². The Morgan fingerprint density at radius 1 is 1.21 bits per heavy atom. The molecule has 126 valence electrons. The molecule has 2 N–H and O–H groups in total. The fraction of sp³-hybridized carbons (Fsp3) is 0.278. The van der Waals surface area contributed by atoms with Crippen LogP contribution < -0.4 is 15.4 Å². The summed E-state index contributed by atoms with van der Waals surface area (Å²) in [4.78, 5) is 15.8. The maximum atomic E-state index is 11.9. The fourth-order valence-electron chi connectivity index (χ4n) is 1.95. The minimum atomic E-state index is -0.310. The minimum Gasteiger partial charge on any atom is -0.473 e. The van der Waals surface area contributed by atoms with E-state index in [-0.39, 0.29) is 23.2 Å². The van der Waals surface area contributed by atoms with E-state index >= 15 is 0 Å². The Hall–Kier alpha value is -2.47. The van der Waals surface area contributed by atoms with Crippen molar-refractivity contribution in [2.45, 2.75) is 26.2 Å². The van der Waals surface area contributed by atoms with Crippen LogP contribution in [0.3, 0.4) is 0 Å². The summed E-state index contributed by atoms with van der Waals surface area (Å²) < 4.78 is 5.57. The quantitative estimate of drug-likeness (QED) is 0.660. The second kappa shape index (κ2) is 7.88. The second-order valence-electron chi connectivity index (χ2n) is 6.26. The molecule has 0 aliphatic carbocycles. The monoisotopic (exact) mass is 343 g/mol. The minimum absolute atomic E-state index is 0.106. The van der Waals surface area contributed by atoms with Crippen molar-refractivity contribution in [2.24, 2.45) is 0 Å². The second-order valence-corrected chi connectivity index (χ2v) is 6.67. The van der Waals surface area contributed by atoms with Gasteiger partial charge >= 0.3 is 0 Å². The summed E-state index contributed by atoms with van der Waals surface area (Å²) in [6, 6.07) is 11.3. The Balaban J connectivity index is 1.77. The van der Waals surface area contributed by atoms with Crippen molar-refractivity contribution in [3.63, 3.8) is 0 Å². The average Bonchev–Trinajstić information content (AvgIpc) is 2.55. The maximum Gasteiger partial charge on any atom is 0.258 e. The predicted molar refractivity (Wildman–Crippen MR) is 98.1 cm³/mol. The Bertz CT molecular complexity index is 694. The number of carbonyl (C=O) groups is 1. The molecule has 0 atom stereocenters. The SMILES string of the molecule is CC(C)(C)c1ccc(OCNC(=S)NC(=O)c2cccnc2)cc1. The van der Waals surface area contributed by atoms with Crippen LogP contribution in [-0.2, 0) is 5.41 Å². The Kier molecular flexibility index (Phi) is 5.87. The summed E-state index contributed by atoms with van der Waals surface area (Å²) in [5, 5.41) is 5.61. The summed E-state index contributed by atoms with van der Waals surface area (Å²) in [6.45, 7) is 6.65. The number of pyridine rings is 1. The summed E-state index contributed by atoms with van der Waals surface area (Å²) >= 11 is 5.07. The molecule has 0 saturated carbocycles. The Labute approximate surface area is 147 Å². The highest BCUT2D eigenvalue weighted by Gasteiger charge is 2.13. The van der Waals surface area contributed by atoms with E-state index in [4.69, 9.17) is 17.0 Å². The molecule has 0 aliphatic heterocycles. The molecule has 24 heavy (non-hydrogen) atoms. The first kappa shape index (κ1) is 17.9. The first-order chi connectivity index (χ1) is 11.4. The zero-order valence-corrected chi connectivity index (χ0v) is 14.8. The third-order valence-electron chi connectivity index (χ3n) is 3.34. The molecule has 1 aromatic heterocycles. The third-order valence-corrected chi connectivity index (χ3v) is 3.59. The Morgan fingerprint density at radius 2 is 1.92 bits per heavy atom. The summed E-state index contributed by atoms with van der Waals surface area (Å²) in [6.07, 6.45) is 3.08. The van der Waals surface area contributed by atoms with Crippen molar-refractivity contribution in [3.8, 4) is 5.75 Å². The molecule has 6 heteroatoms. The van der Waals surface area contributed by atoms with Crippen LogP contribution in [0, 0.1) is 0 Å². The van der Waals surface area contributed by atoms with Crippen LogP contribution in [0.1, 0.15) is 36.7 Å². The molecule has 0 saturated heterocycles. The first-order valence-corrected chi connectivity index (χ1v) is 7.99. The van der Waals surface area contributed by atoms with E-state index in [1.165, 1.54) is 11.8 Å². The molecule has 0 bridgehead atoms. The normalized spacial score (nSPS) is 10.8. The van der Waals surface area contributed by atoms with Gasteiger partial charge in [0.15, 0.2) is 11.8 Å². The molecule has 1 amide bonds. The van der Waals surface area contributed by atoms with Crippen LogP contribution in [0.15, 0.2) is 48.8 Å². The van der Waals surface area contributed by atoms with Gasteiger partial charge in [0.1, 0.15) is 5.75 Å². The molecule has 1 aromatic carbocycles. The van der Waals surface area contributed by atoms with Gasteiger partial charge in [-0.2, -0.15) is 0 Å². The molecule has 0 unspecified atom stereocenters. The number of thiocarbonyl (C=S) groups is 1. The maximum absolute atomic E-state index is 11.9. The lowest BCUT2D eigenvalue weighted by molar-refractivity contribution is 0.0976. The molecule has 2 rings (SSSR count). The molecule has 0 spiro atoms. The van der Waals surface area contributed by atoms with Crippen LogP contribution in [-0.4, -0.2) is 22.7 Å². The van der Waals surface area contributed by atoms with Gasteiger partial charge in [0.25, 0.3) is 5.91 Å². The van der Waals surface area contributed by atoms with Gasteiger partial charge in [-0.3, -0.25) is 15.1 Å². The highest BCUT2D eigenvalue weighted by Crippen LogP contribution is 2.24. The van der Waals surface area contributed by atoms with Crippen LogP contribution in [0.4, 0.5) is 0 Å². The fourth-order valence-corrected chi connectivity index (χ4v) is 2.10. The van der Waals surface area contributed by atoms with Crippen LogP contribution in [0.25, 0.3) is 0 Å². The van der Waals surface area contributed by atoms with Gasteiger partial charge < -0.3 is 10.1 Å². The number of nitrogens with one attached hydrogen (secondary N) is 2. The van der Waals surface area contributed by atoms with E-state index in [0.29, 0.717) is 5.56 Å². The summed E-state index contributed by atoms with van der Waals surface area (Å²) in [7, 11) is 0. The van der Waals surface area contributed by atoms with Gasteiger partial charge in [0.2, 0.25) is 0 Å². The number of rotatable bonds is 4. The summed E-state index contributed by atoms with van der Waals surface area (Å²) in [5.41, 5.74) is 1.79. The van der Waals surface area contributed by atoms with Crippen LogP contribution in [0.5, 0.6) is 5.75 Å². The number of hydrogen-bond acceptors (Lipinski definition) is 4. The van der Waals surface area contributed by atoms with E-state index in [9.17, 15) is 4.79 Å². The largest absolute Gasteiger partial charge is 0.473 e. The Morgan fingerprint density at radius 3 is 2.50 bits per heavy atom. The number of hydrogen-bond donors (Lipinski definition) is 2. The number of amides is 1. The third kappa shape index (κ3) is 5.31. The lowest BCUT2D eigenvalue weighted by Crippen LogP contribution is -2.40.